The Hall–Kier alpha value is -1.05. The third kappa shape index (κ3) is 1.50. The number of allylic oxidation sites excluding steroid dienone is 2. The second-order valence-electron chi connectivity index (χ2n) is 2.83. The van der Waals surface area contributed by atoms with Crippen molar-refractivity contribution in [2.24, 2.45) is 7.05 Å². The van der Waals surface area contributed by atoms with Crippen LogP contribution in [0.4, 0.5) is 0 Å². The van der Waals surface area contributed by atoms with Crippen molar-refractivity contribution in [3.8, 4) is 0 Å². The highest BCUT2D eigenvalue weighted by Crippen LogP contribution is 1.95. The third-order valence-corrected chi connectivity index (χ3v) is 2.00. The lowest BCUT2D eigenvalue weighted by atomic mass is 10.4. The minimum Gasteiger partial charge on any atom is -0.237 e. The maximum atomic E-state index is 2.12. The Morgan fingerprint density at radius 1 is 1.64 bits per heavy atom. The van der Waals surface area contributed by atoms with Gasteiger partial charge in [0.1, 0.15) is 17.6 Å². The lowest BCUT2D eigenvalue weighted by Gasteiger charge is -1.89. The number of hydrogen-bond acceptors (Lipinski definition) is 0. The lowest BCUT2D eigenvalue weighted by Crippen LogP contribution is -2.27. The van der Waals surface area contributed by atoms with Gasteiger partial charge in [-0.3, -0.25) is 0 Å². The van der Waals surface area contributed by atoms with Crippen LogP contribution in [-0.2, 0) is 7.05 Å². The smallest absolute Gasteiger partial charge is 0.237 e. The molecule has 1 aromatic rings. The molecule has 1 heterocycles. The number of rotatable bonds is 1. The second kappa shape index (κ2) is 2.91. The van der Waals surface area contributed by atoms with Crippen molar-refractivity contribution in [2.45, 2.75) is 20.8 Å². The Bertz CT molecular complexity index is 262. The minimum absolute atomic E-state index is 1.26. The van der Waals surface area contributed by atoms with Crippen LogP contribution in [0.3, 0.4) is 0 Å². The quantitative estimate of drug-likeness (QED) is 0.538. The Morgan fingerprint density at radius 3 is 2.64 bits per heavy atom. The van der Waals surface area contributed by atoms with Gasteiger partial charge in [-0.2, -0.15) is 0 Å². The van der Waals surface area contributed by atoms with Gasteiger partial charge < -0.3 is 0 Å². The highest BCUT2D eigenvalue weighted by Gasteiger charge is 2.05. The summed E-state index contributed by atoms with van der Waals surface area (Å²) in [7, 11) is 2.05. The minimum atomic E-state index is 1.26. The van der Waals surface area contributed by atoms with E-state index in [0.717, 1.165) is 0 Å². The summed E-state index contributed by atoms with van der Waals surface area (Å²) >= 11 is 0. The van der Waals surface area contributed by atoms with E-state index in [1.165, 1.54) is 11.4 Å². The molecule has 1 rings (SSSR count). The van der Waals surface area contributed by atoms with E-state index in [-0.39, 0.29) is 0 Å². The predicted octanol–water partition coefficient (Wildman–Crippen LogP) is 1.50. The third-order valence-electron chi connectivity index (χ3n) is 2.00. The van der Waals surface area contributed by atoms with Gasteiger partial charge in [0.15, 0.2) is 0 Å². The van der Waals surface area contributed by atoms with E-state index in [2.05, 4.69) is 48.6 Å². The maximum absolute atomic E-state index is 2.12. The van der Waals surface area contributed by atoms with Gasteiger partial charge in [0.05, 0.1) is 7.05 Å². The summed E-state index contributed by atoms with van der Waals surface area (Å²) in [5, 5.41) is 0. The van der Waals surface area contributed by atoms with E-state index in [9.17, 15) is 0 Å². The van der Waals surface area contributed by atoms with Gasteiger partial charge in [0.2, 0.25) is 6.33 Å². The first-order valence-electron chi connectivity index (χ1n) is 3.82. The van der Waals surface area contributed by atoms with E-state index in [4.69, 9.17) is 0 Å². The van der Waals surface area contributed by atoms with Crippen molar-refractivity contribution in [2.75, 3.05) is 0 Å². The van der Waals surface area contributed by atoms with Gasteiger partial charge in [-0.15, -0.1) is 0 Å². The first-order valence-corrected chi connectivity index (χ1v) is 3.82. The van der Waals surface area contributed by atoms with Crippen molar-refractivity contribution < 1.29 is 4.57 Å². The zero-order valence-electron chi connectivity index (χ0n) is 7.63. The van der Waals surface area contributed by atoms with Crippen molar-refractivity contribution in [3.05, 3.63) is 24.3 Å². The Morgan fingerprint density at radius 2 is 2.27 bits per heavy atom. The molecule has 0 amide bonds. The lowest BCUT2D eigenvalue weighted by molar-refractivity contribution is -0.581. The average Bonchev–Trinajstić information content (AvgIpc) is 2.31. The molecule has 1 aromatic heterocycles. The van der Waals surface area contributed by atoms with Crippen LogP contribution in [-0.4, -0.2) is 4.57 Å². The van der Waals surface area contributed by atoms with Crippen LogP contribution in [0.2, 0.25) is 0 Å². The summed E-state index contributed by atoms with van der Waals surface area (Å²) < 4.78 is 4.22. The molecule has 0 radical (unpaired) electrons. The molecule has 0 unspecified atom stereocenters. The zero-order valence-corrected chi connectivity index (χ0v) is 7.63. The number of nitrogens with zero attached hydrogens (tertiary/aromatic N) is 2. The van der Waals surface area contributed by atoms with Crippen LogP contribution < -0.4 is 4.57 Å². The number of hydrogen-bond donors (Lipinski definition) is 0. The van der Waals surface area contributed by atoms with Crippen LogP contribution in [0.25, 0.3) is 5.70 Å². The molecule has 0 saturated heterocycles. The fourth-order valence-corrected chi connectivity index (χ4v) is 0.945. The molecule has 0 atom stereocenters. The molecule has 0 bridgehead atoms. The number of aromatic nitrogens is 2. The van der Waals surface area contributed by atoms with E-state index >= 15 is 0 Å². The Labute approximate surface area is 67.8 Å². The molecule has 2 heteroatoms. The monoisotopic (exact) mass is 151 g/mol. The summed E-state index contributed by atoms with van der Waals surface area (Å²) in [5.74, 6) is 0. The van der Waals surface area contributed by atoms with Gasteiger partial charge in [0, 0.05) is 6.92 Å². The summed E-state index contributed by atoms with van der Waals surface area (Å²) in [6.07, 6.45) is 6.29. The fraction of sp³-hybridized carbons (Fsp3) is 0.444. The summed E-state index contributed by atoms with van der Waals surface area (Å²) in [6.45, 7) is 6.24. The zero-order chi connectivity index (χ0) is 8.43. The van der Waals surface area contributed by atoms with Gasteiger partial charge in [0.25, 0.3) is 0 Å². The fourth-order valence-electron chi connectivity index (χ4n) is 0.945. The Kier molecular flexibility index (Phi) is 2.13. The van der Waals surface area contributed by atoms with Crippen LogP contribution in [0, 0.1) is 6.92 Å². The van der Waals surface area contributed by atoms with Crippen LogP contribution in [0.5, 0.6) is 0 Å². The van der Waals surface area contributed by atoms with Crippen LogP contribution >= 0.6 is 0 Å². The molecule has 0 aliphatic rings. The molecule has 0 aliphatic carbocycles. The maximum Gasteiger partial charge on any atom is 0.248 e. The number of aryl methyl sites for hydroxylation is 2. The first kappa shape index (κ1) is 8.05. The van der Waals surface area contributed by atoms with E-state index in [1.807, 2.05) is 6.92 Å². The highest BCUT2D eigenvalue weighted by molar-refractivity contribution is 5.27. The topological polar surface area (TPSA) is 8.81 Å². The molecular weight excluding hydrogens is 136 g/mol. The molecule has 0 aromatic carbocycles. The molecule has 0 spiro atoms. The molecule has 11 heavy (non-hydrogen) atoms. The first-order chi connectivity index (χ1) is 5.15. The normalized spacial score (nSPS) is 12.2. The largest absolute Gasteiger partial charge is 0.248 e. The second-order valence-corrected chi connectivity index (χ2v) is 2.83. The SMILES string of the molecule is CC=C(C)[n+]1cc(C)n(C)c1. The van der Waals surface area contributed by atoms with Gasteiger partial charge >= 0.3 is 0 Å². The summed E-state index contributed by atoms with van der Waals surface area (Å²) in [6, 6.07) is 0. The number of imidazole rings is 1. The van der Waals surface area contributed by atoms with Crippen molar-refractivity contribution in [1.29, 1.82) is 0 Å². The van der Waals surface area contributed by atoms with Crippen molar-refractivity contribution in [3.63, 3.8) is 0 Å². The standard InChI is InChI=1S/C9H15N2/c1-5-8(2)11-6-9(3)10(4)7-11/h5-7H,1-4H3/q+1. The summed E-state index contributed by atoms with van der Waals surface area (Å²) in [5.41, 5.74) is 2.53. The Balaban J connectivity index is 3.07. The van der Waals surface area contributed by atoms with Crippen LogP contribution in [0.15, 0.2) is 18.6 Å². The molecule has 60 valence electrons. The predicted molar refractivity (Wildman–Crippen MR) is 46.0 cm³/mol. The van der Waals surface area contributed by atoms with Gasteiger partial charge in [-0.1, -0.05) is 0 Å². The van der Waals surface area contributed by atoms with E-state index < -0.39 is 0 Å². The van der Waals surface area contributed by atoms with Crippen LogP contribution in [0.1, 0.15) is 19.5 Å². The van der Waals surface area contributed by atoms with Crippen molar-refractivity contribution >= 4 is 5.70 Å². The van der Waals surface area contributed by atoms with Gasteiger partial charge in [-0.05, 0) is 19.9 Å². The van der Waals surface area contributed by atoms with E-state index in [0.29, 0.717) is 0 Å². The summed E-state index contributed by atoms with van der Waals surface area (Å²) in [4.78, 5) is 0. The molecule has 0 saturated carbocycles. The molecular formula is C9H15N2+. The van der Waals surface area contributed by atoms with Crippen molar-refractivity contribution in [1.82, 2.24) is 4.57 Å². The molecule has 2 nitrogen and oxygen atoms in total. The van der Waals surface area contributed by atoms with E-state index in [1.54, 1.807) is 0 Å². The molecule has 0 fully saturated rings. The average molecular weight is 151 g/mol. The van der Waals surface area contributed by atoms with Gasteiger partial charge in [-0.25, -0.2) is 9.13 Å². The highest BCUT2D eigenvalue weighted by atomic mass is 15.1. The molecule has 0 aliphatic heterocycles. The molecule has 0 N–H and O–H groups in total.